The van der Waals surface area contributed by atoms with Gasteiger partial charge in [-0.1, -0.05) is 42.5 Å². The number of hydrogen-bond donors (Lipinski definition) is 1. The highest BCUT2D eigenvalue weighted by Crippen LogP contribution is 2.40. The highest BCUT2D eigenvalue weighted by atomic mass is 79.9. The van der Waals surface area contributed by atoms with Crippen molar-refractivity contribution in [2.45, 2.75) is 25.9 Å². The van der Waals surface area contributed by atoms with Gasteiger partial charge in [0.15, 0.2) is 11.5 Å². The van der Waals surface area contributed by atoms with Gasteiger partial charge in [0.2, 0.25) is 5.91 Å². The average Bonchev–Trinajstić information content (AvgIpc) is 2.73. The molecule has 5 heteroatoms. The molecule has 29 heavy (non-hydrogen) atoms. The van der Waals surface area contributed by atoms with Gasteiger partial charge in [-0.3, -0.25) is 4.79 Å². The largest absolute Gasteiger partial charge is 0.484 e. The number of carbonyl (C=O) groups is 1. The number of halogens is 1. The second kappa shape index (κ2) is 9.14. The molecule has 0 saturated carbocycles. The van der Waals surface area contributed by atoms with Crippen LogP contribution in [0.3, 0.4) is 0 Å². The lowest BCUT2D eigenvalue weighted by atomic mass is 10.1. The molecule has 0 aromatic heterocycles. The maximum Gasteiger partial charge on any atom is 0.220 e. The molecule has 0 unspecified atom stereocenters. The number of benzene rings is 3. The van der Waals surface area contributed by atoms with E-state index in [1.54, 1.807) is 0 Å². The summed E-state index contributed by atoms with van der Waals surface area (Å²) < 4.78 is 13.1. The first-order valence-electron chi connectivity index (χ1n) is 9.70. The smallest absolute Gasteiger partial charge is 0.220 e. The van der Waals surface area contributed by atoms with Crippen LogP contribution in [-0.4, -0.2) is 12.5 Å². The van der Waals surface area contributed by atoms with Gasteiger partial charge >= 0.3 is 0 Å². The Morgan fingerprint density at radius 1 is 0.931 bits per heavy atom. The van der Waals surface area contributed by atoms with Crippen molar-refractivity contribution in [1.29, 1.82) is 0 Å². The Morgan fingerprint density at radius 2 is 1.72 bits per heavy atom. The number of aryl methyl sites for hydroxylation is 1. The molecule has 2 aliphatic heterocycles. The average molecular weight is 452 g/mol. The van der Waals surface area contributed by atoms with E-state index in [9.17, 15) is 4.79 Å². The zero-order valence-electron chi connectivity index (χ0n) is 16.0. The van der Waals surface area contributed by atoms with E-state index in [2.05, 4.69) is 21.2 Å². The highest BCUT2D eigenvalue weighted by molar-refractivity contribution is 9.10. The van der Waals surface area contributed by atoms with Crippen molar-refractivity contribution in [3.05, 3.63) is 87.9 Å². The molecule has 2 heterocycles. The molecule has 0 spiro atoms. The molecular formula is C24H22BrNO3. The fourth-order valence-corrected chi connectivity index (χ4v) is 3.86. The van der Waals surface area contributed by atoms with Gasteiger partial charge in [-0.05, 0) is 69.7 Å². The van der Waals surface area contributed by atoms with E-state index in [1.807, 2.05) is 66.7 Å². The van der Waals surface area contributed by atoms with Crippen LogP contribution in [0.2, 0.25) is 0 Å². The Labute approximate surface area is 179 Å². The lowest BCUT2D eigenvalue weighted by molar-refractivity contribution is -0.121. The van der Waals surface area contributed by atoms with Crippen LogP contribution < -0.4 is 14.8 Å². The Balaban J connectivity index is 1.65. The van der Waals surface area contributed by atoms with E-state index in [4.69, 9.17) is 9.47 Å². The van der Waals surface area contributed by atoms with Gasteiger partial charge in [0.05, 0.1) is 4.47 Å². The van der Waals surface area contributed by atoms with Crippen molar-refractivity contribution in [3.8, 4) is 17.2 Å². The van der Waals surface area contributed by atoms with Gasteiger partial charge in [-0.25, -0.2) is 0 Å². The molecule has 0 atom stereocenters. The van der Waals surface area contributed by atoms with Crippen molar-refractivity contribution in [1.82, 2.24) is 5.32 Å². The summed E-state index contributed by atoms with van der Waals surface area (Å²) in [5, 5.41) is 2.99. The minimum Gasteiger partial charge on any atom is -0.484 e. The number of carbonyl (C=O) groups excluding carboxylic acids is 1. The number of amides is 1. The predicted octanol–water partition coefficient (Wildman–Crippen LogP) is 5.43. The van der Waals surface area contributed by atoms with Crippen LogP contribution in [0.4, 0.5) is 0 Å². The molecule has 4 bridgehead atoms. The molecule has 0 aliphatic carbocycles. The Kier molecular flexibility index (Phi) is 6.15. The van der Waals surface area contributed by atoms with Crippen molar-refractivity contribution in [2.24, 2.45) is 0 Å². The second-order valence-electron chi connectivity index (χ2n) is 7.03. The zero-order chi connectivity index (χ0) is 20.1. The summed E-state index contributed by atoms with van der Waals surface area (Å²) in [6.45, 7) is 1.04. The standard InChI is InChI=1S/C24H22BrNO3/c25-21-14-19-12-13-26-23(27)11-8-17-6-9-20(10-7-17)29-22(15-19)24(21)28-16-18-4-2-1-3-5-18/h1-7,9-10,14-15H,8,11-13,16H2,(H,26,27). The van der Waals surface area contributed by atoms with Crippen LogP contribution in [-0.2, 0) is 24.2 Å². The molecule has 0 radical (unpaired) electrons. The number of fused-ring (bicyclic) bond motifs is 7. The molecule has 2 aliphatic rings. The second-order valence-corrected chi connectivity index (χ2v) is 7.88. The third-order valence-corrected chi connectivity index (χ3v) is 5.41. The van der Waals surface area contributed by atoms with Gasteiger partial charge in [0.25, 0.3) is 0 Å². The van der Waals surface area contributed by atoms with E-state index in [0.29, 0.717) is 37.5 Å². The molecule has 1 N–H and O–H groups in total. The molecule has 0 fully saturated rings. The van der Waals surface area contributed by atoms with Gasteiger partial charge in [-0.15, -0.1) is 0 Å². The quantitative estimate of drug-likeness (QED) is 0.577. The minimum absolute atomic E-state index is 0.0736. The SMILES string of the molecule is O=C1CCc2ccc(cc2)Oc2cc(cc(Br)c2OCc2ccccc2)CCN1. The maximum absolute atomic E-state index is 12.1. The molecule has 0 saturated heterocycles. The number of rotatable bonds is 3. The molecule has 3 aromatic carbocycles. The number of nitrogens with one attached hydrogen (secondary N) is 1. The van der Waals surface area contributed by atoms with Crippen molar-refractivity contribution >= 4 is 21.8 Å². The lowest BCUT2D eigenvalue weighted by Crippen LogP contribution is -2.25. The summed E-state index contributed by atoms with van der Waals surface area (Å²) >= 11 is 3.64. The maximum atomic E-state index is 12.1. The zero-order valence-corrected chi connectivity index (χ0v) is 17.6. The summed E-state index contributed by atoms with van der Waals surface area (Å²) in [6, 6.07) is 21.9. The minimum atomic E-state index is 0.0736. The third-order valence-electron chi connectivity index (χ3n) is 4.82. The monoisotopic (exact) mass is 451 g/mol. The molecule has 5 rings (SSSR count). The number of hydrogen-bond acceptors (Lipinski definition) is 3. The summed E-state index contributed by atoms with van der Waals surface area (Å²) in [7, 11) is 0. The highest BCUT2D eigenvalue weighted by Gasteiger charge is 2.15. The van der Waals surface area contributed by atoms with Gasteiger partial charge < -0.3 is 14.8 Å². The topological polar surface area (TPSA) is 47.6 Å². The summed E-state index contributed by atoms with van der Waals surface area (Å²) in [6.07, 6.45) is 1.92. The van der Waals surface area contributed by atoms with E-state index >= 15 is 0 Å². The van der Waals surface area contributed by atoms with Crippen molar-refractivity contribution < 1.29 is 14.3 Å². The molecular weight excluding hydrogens is 430 g/mol. The molecule has 148 valence electrons. The first-order valence-corrected chi connectivity index (χ1v) is 10.5. The normalized spacial score (nSPS) is 13.9. The fraction of sp³-hybridized carbons (Fsp3) is 0.208. The van der Waals surface area contributed by atoms with Crippen LogP contribution in [0.15, 0.2) is 71.2 Å². The van der Waals surface area contributed by atoms with Crippen LogP contribution in [0, 0.1) is 0 Å². The summed E-state index contributed by atoms with van der Waals surface area (Å²) in [5.74, 6) is 2.13. The van der Waals surface area contributed by atoms with Crippen LogP contribution in [0.25, 0.3) is 0 Å². The van der Waals surface area contributed by atoms with E-state index in [0.717, 1.165) is 33.3 Å². The first kappa shape index (κ1) is 19.5. The predicted molar refractivity (Wildman–Crippen MR) is 116 cm³/mol. The number of ether oxygens (including phenoxy) is 2. The lowest BCUT2D eigenvalue weighted by Gasteiger charge is -2.17. The summed E-state index contributed by atoms with van der Waals surface area (Å²) in [4.78, 5) is 12.1. The Hall–Kier alpha value is -2.79. The summed E-state index contributed by atoms with van der Waals surface area (Å²) in [5.41, 5.74) is 3.26. The van der Waals surface area contributed by atoms with E-state index < -0.39 is 0 Å². The van der Waals surface area contributed by atoms with Crippen LogP contribution in [0.1, 0.15) is 23.1 Å². The van der Waals surface area contributed by atoms with Crippen molar-refractivity contribution in [3.63, 3.8) is 0 Å². The van der Waals surface area contributed by atoms with Crippen LogP contribution >= 0.6 is 15.9 Å². The van der Waals surface area contributed by atoms with Gasteiger partial charge in [0.1, 0.15) is 12.4 Å². The van der Waals surface area contributed by atoms with Crippen LogP contribution in [0.5, 0.6) is 17.2 Å². The fourth-order valence-electron chi connectivity index (χ4n) is 3.26. The van der Waals surface area contributed by atoms with E-state index in [-0.39, 0.29) is 5.91 Å². The first-order chi connectivity index (χ1) is 14.2. The molecule has 4 nitrogen and oxygen atoms in total. The van der Waals surface area contributed by atoms with Gasteiger partial charge in [-0.2, -0.15) is 0 Å². The Bertz CT molecular complexity index is 987. The molecule has 1 amide bonds. The van der Waals surface area contributed by atoms with E-state index in [1.165, 1.54) is 0 Å². The molecule has 3 aromatic rings. The third kappa shape index (κ3) is 5.18. The van der Waals surface area contributed by atoms with Gasteiger partial charge in [0, 0.05) is 13.0 Å². The Morgan fingerprint density at radius 3 is 2.52 bits per heavy atom. The van der Waals surface area contributed by atoms with Crippen molar-refractivity contribution in [2.75, 3.05) is 6.54 Å².